The van der Waals surface area contributed by atoms with Crippen molar-refractivity contribution < 1.29 is 9.90 Å². The number of benzene rings is 2. The van der Waals surface area contributed by atoms with Gasteiger partial charge in [0.05, 0.1) is 0 Å². The molecule has 1 saturated carbocycles. The molecule has 3 nitrogen and oxygen atoms in total. The monoisotopic (exact) mass is 363 g/mol. The SMILES string of the molecule is CC(C)(C)c1ccc(O)c(C2(C3CCCCC3)C(=O)Nc3ccccc32)c1. The molecule has 3 heteroatoms. The molecule has 0 saturated heterocycles. The van der Waals surface area contributed by atoms with E-state index < -0.39 is 5.41 Å². The van der Waals surface area contributed by atoms with E-state index in [1.807, 2.05) is 24.3 Å². The molecule has 0 aromatic heterocycles. The number of hydrogen-bond acceptors (Lipinski definition) is 2. The highest BCUT2D eigenvalue weighted by molar-refractivity contribution is 6.09. The van der Waals surface area contributed by atoms with Gasteiger partial charge in [-0.25, -0.2) is 0 Å². The van der Waals surface area contributed by atoms with Gasteiger partial charge in [-0.1, -0.05) is 70.4 Å². The lowest BCUT2D eigenvalue weighted by Crippen LogP contribution is -2.44. The van der Waals surface area contributed by atoms with E-state index in [9.17, 15) is 9.90 Å². The van der Waals surface area contributed by atoms with Crippen molar-refractivity contribution in [2.45, 2.75) is 63.7 Å². The largest absolute Gasteiger partial charge is 0.508 e. The average molecular weight is 364 g/mol. The average Bonchev–Trinajstić information content (AvgIpc) is 2.94. The molecule has 4 rings (SSSR count). The van der Waals surface area contributed by atoms with Crippen molar-refractivity contribution in [2.75, 3.05) is 5.32 Å². The zero-order valence-electron chi connectivity index (χ0n) is 16.5. The minimum atomic E-state index is -0.803. The summed E-state index contributed by atoms with van der Waals surface area (Å²) in [4.78, 5) is 13.5. The molecule has 0 radical (unpaired) electrons. The van der Waals surface area contributed by atoms with Crippen molar-refractivity contribution in [1.82, 2.24) is 0 Å². The van der Waals surface area contributed by atoms with Crippen LogP contribution < -0.4 is 5.32 Å². The number of fused-ring (bicyclic) bond motifs is 1. The van der Waals surface area contributed by atoms with Crippen molar-refractivity contribution >= 4 is 11.6 Å². The molecule has 1 amide bonds. The third-order valence-electron chi connectivity index (χ3n) is 6.46. The number of nitrogens with one attached hydrogen (secondary N) is 1. The van der Waals surface area contributed by atoms with Gasteiger partial charge in [0.25, 0.3) is 0 Å². The Balaban J connectivity index is 2.00. The Hall–Kier alpha value is -2.29. The van der Waals surface area contributed by atoms with Gasteiger partial charge < -0.3 is 10.4 Å². The van der Waals surface area contributed by atoms with Gasteiger partial charge in [0.1, 0.15) is 11.2 Å². The smallest absolute Gasteiger partial charge is 0.240 e. The predicted octanol–water partition coefficient (Wildman–Crippen LogP) is 5.51. The Morgan fingerprint density at radius 3 is 2.41 bits per heavy atom. The molecular weight excluding hydrogens is 334 g/mol. The van der Waals surface area contributed by atoms with Crippen LogP contribution in [0.25, 0.3) is 0 Å². The van der Waals surface area contributed by atoms with Crippen molar-refractivity contribution in [2.24, 2.45) is 5.92 Å². The highest BCUT2D eigenvalue weighted by atomic mass is 16.3. The van der Waals surface area contributed by atoms with Crippen LogP contribution in [0.4, 0.5) is 5.69 Å². The summed E-state index contributed by atoms with van der Waals surface area (Å²) in [6, 6.07) is 13.8. The van der Waals surface area contributed by atoms with Gasteiger partial charge in [-0.05, 0) is 47.4 Å². The van der Waals surface area contributed by atoms with Crippen LogP contribution in [0.1, 0.15) is 69.6 Å². The van der Waals surface area contributed by atoms with Crippen LogP contribution in [0.15, 0.2) is 42.5 Å². The van der Waals surface area contributed by atoms with Gasteiger partial charge in [-0.3, -0.25) is 4.79 Å². The van der Waals surface area contributed by atoms with E-state index in [2.05, 4.69) is 38.2 Å². The molecule has 1 aliphatic carbocycles. The minimum Gasteiger partial charge on any atom is -0.508 e. The van der Waals surface area contributed by atoms with Crippen molar-refractivity contribution in [3.8, 4) is 5.75 Å². The zero-order valence-corrected chi connectivity index (χ0v) is 16.5. The molecular formula is C24H29NO2. The fourth-order valence-electron chi connectivity index (χ4n) is 5.03. The molecule has 2 aliphatic rings. The fourth-order valence-corrected chi connectivity index (χ4v) is 5.03. The van der Waals surface area contributed by atoms with Gasteiger partial charge >= 0.3 is 0 Å². The quantitative estimate of drug-likeness (QED) is 0.739. The summed E-state index contributed by atoms with van der Waals surface area (Å²) in [5.41, 5.74) is 2.96. The Morgan fingerprint density at radius 2 is 1.70 bits per heavy atom. The Labute approximate surface area is 161 Å². The summed E-state index contributed by atoms with van der Waals surface area (Å²) in [5.74, 6) is 0.438. The topological polar surface area (TPSA) is 49.3 Å². The molecule has 1 heterocycles. The molecule has 2 aromatic carbocycles. The van der Waals surface area contributed by atoms with Gasteiger partial charge in [-0.2, -0.15) is 0 Å². The number of phenolic OH excluding ortho intramolecular Hbond substituents is 1. The standard InChI is InChI=1S/C24H29NO2/c1-23(2,3)17-13-14-21(26)19(15-17)24(16-9-5-4-6-10-16)18-11-7-8-12-20(18)25-22(24)27/h7-8,11-16,26H,4-6,9-10H2,1-3H3,(H,25,27). The first-order valence-electron chi connectivity index (χ1n) is 10.1. The second kappa shape index (κ2) is 6.40. The molecule has 1 fully saturated rings. The molecule has 27 heavy (non-hydrogen) atoms. The van der Waals surface area contributed by atoms with E-state index in [4.69, 9.17) is 0 Å². The number of carbonyl (C=O) groups is 1. The highest BCUT2D eigenvalue weighted by Gasteiger charge is 2.54. The third-order valence-corrected chi connectivity index (χ3v) is 6.46. The van der Waals surface area contributed by atoms with Crippen LogP contribution in [-0.2, 0) is 15.6 Å². The normalized spacial score (nSPS) is 23.1. The summed E-state index contributed by atoms with van der Waals surface area (Å²) in [6.45, 7) is 6.50. The van der Waals surface area contributed by atoms with Crippen molar-refractivity contribution in [3.63, 3.8) is 0 Å². The minimum absolute atomic E-state index is 0.0111. The molecule has 1 atom stereocenters. The number of anilines is 1. The second-order valence-corrected chi connectivity index (χ2v) is 9.12. The zero-order chi connectivity index (χ0) is 19.2. The van der Waals surface area contributed by atoms with E-state index in [-0.39, 0.29) is 23.0 Å². The Bertz CT molecular complexity index is 874. The molecule has 0 spiro atoms. The van der Waals surface area contributed by atoms with Crippen LogP contribution in [0, 0.1) is 5.92 Å². The summed E-state index contributed by atoms with van der Waals surface area (Å²) >= 11 is 0. The highest BCUT2D eigenvalue weighted by Crippen LogP contribution is 2.54. The lowest BCUT2D eigenvalue weighted by Gasteiger charge is -2.39. The molecule has 1 aliphatic heterocycles. The molecule has 142 valence electrons. The predicted molar refractivity (Wildman–Crippen MR) is 109 cm³/mol. The van der Waals surface area contributed by atoms with E-state index in [1.165, 1.54) is 6.42 Å². The maximum absolute atomic E-state index is 13.5. The van der Waals surface area contributed by atoms with Crippen LogP contribution in [0.2, 0.25) is 0 Å². The number of aromatic hydroxyl groups is 1. The van der Waals surface area contributed by atoms with Gasteiger partial charge in [0.15, 0.2) is 0 Å². The number of phenols is 1. The van der Waals surface area contributed by atoms with Gasteiger partial charge in [0.2, 0.25) is 5.91 Å². The summed E-state index contributed by atoms with van der Waals surface area (Å²) in [5, 5.41) is 14.0. The van der Waals surface area contributed by atoms with Crippen molar-refractivity contribution in [1.29, 1.82) is 0 Å². The number of hydrogen-bond donors (Lipinski definition) is 2. The van der Waals surface area contributed by atoms with E-state index in [0.717, 1.165) is 48.1 Å². The van der Waals surface area contributed by atoms with Crippen LogP contribution in [0.5, 0.6) is 5.75 Å². The first kappa shape index (κ1) is 18.1. The second-order valence-electron chi connectivity index (χ2n) is 9.12. The van der Waals surface area contributed by atoms with E-state index in [1.54, 1.807) is 6.07 Å². The molecule has 2 aromatic rings. The van der Waals surface area contributed by atoms with Gasteiger partial charge in [0, 0.05) is 11.3 Å². The van der Waals surface area contributed by atoms with Gasteiger partial charge in [-0.15, -0.1) is 0 Å². The fraction of sp³-hybridized carbons (Fsp3) is 0.458. The summed E-state index contributed by atoms with van der Waals surface area (Å²) < 4.78 is 0. The van der Waals surface area contributed by atoms with Crippen LogP contribution in [0.3, 0.4) is 0 Å². The van der Waals surface area contributed by atoms with E-state index in [0.29, 0.717) is 0 Å². The first-order chi connectivity index (χ1) is 12.8. The number of para-hydroxylation sites is 1. The number of rotatable bonds is 2. The third kappa shape index (κ3) is 2.75. The molecule has 0 bridgehead atoms. The molecule has 1 unspecified atom stereocenters. The van der Waals surface area contributed by atoms with Crippen molar-refractivity contribution in [3.05, 3.63) is 59.2 Å². The summed E-state index contributed by atoms with van der Waals surface area (Å²) in [6.07, 6.45) is 5.54. The Kier molecular flexibility index (Phi) is 4.29. The number of carbonyl (C=O) groups excluding carboxylic acids is 1. The first-order valence-corrected chi connectivity index (χ1v) is 10.1. The maximum Gasteiger partial charge on any atom is 0.240 e. The summed E-state index contributed by atoms with van der Waals surface area (Å²) in [7, 11) is 0. The van der Waals surface area contributed by atoms with Crippen LogP contribution >= 0.6 is 0 Å². The van der Waals surface area contributed by atoms with Crippen LogP contribution in [-0.4, -0.2) is 11.0 Å². The van der Waals surface area contributed by atoms with E-state index >= 15 is 0 Å². The number of amides is 1. The maximum atomic E-state index is 13.5. The Morgan fingerprint density at radius 1 is 1.00 bits per heavy atom. The molecule has 2 N–H and O–H groups in total. The lowest BCUT2D eigenvalue weighted by atomic mass is 9.61. The lowest BCUT2D eigenvalue weighted by molar-refractivity contribution is -0.121.